The van der Waals surface area contributed by atoms with Crippen LogP contribution in [0.4, 0.5) is 4.79 Å². The molecule has 25 heavy (non-hydrogen) atoms. The highest BCUT2D eigenvalue weighted by Gasteiger charge is 2.28. The fourth-order valence-corrected chi connectivity index (χ4v) is 3.16. The van der Waals surface area contributed by atoms with Crippen LogP contribution in [0.1, 0.15) is 36.8 Å². The summed E-state index contributed by atoms with van der Waals surface area (Å²) >= 11 is 0. The molecule has 132 valence electrons. The topological polar surface area (TPSA) is 73.1 Å². The Balaban J connectivity index is 1.93. The second kappa shape index (κ2) is 7.58. The van der Waals surface area contributed by atoms with E-state index in [1.807, 2.05) is 37.1 Å². The summed E-state index contributed by atoms with van der Waals surface area (Å²) in [6, 6.07) is 7.99. The Morgan fingerprint density at radius 3 is 2.88 bits per heavy atom. The Kier molecular flexibility index (Phi) is 5.25. The lowest BCUT2D eigenvalue weighted by Crippen LogP contribution is -2.43. The number of nitriles is 1. The standard InChI is InChI=1S/C19H25N5O/c1-3-22-19(25)23(9-8-21-2)13-24-12-17(15-5-6-15)16-10-14(11-20)4-7-18(16)24/h4,7,10,12,15,21H,3,5-6,8-9,13H2,1-2H3,(H,22,25). The molecule has 0 spiro atoms. The molecule has 0 atom stereocenters. The number of carbonyl (C=O) groups excluding carboxylic acids is 1. The molecule has 1 aromatic heterocycles. The van der Waals surface area contributed by atoms with Gasteiger partial charge in [-0.15, -0.1) is 0 Å². The minimum absolute atomic E-state index is 0.0544. The van der Waals surface area contributed by atoms with E-state index in [9.17, 15) is 10.1 Å². The van der Waals surface area contributed by atoms with Crippen LogP contribution in [0.3, 0.4) is 0 Å². The molecule has 0 saturated heterocycles. The SMILES string of the molecule is CCNC(=O)N(CCNC)Cn1cc(C2CC2)c2cc(C#N)ccc21. The molecule has 0 bridgehead atoms. The maximum absolute atomic E-state index is 12.4. The quantitative estimate of drug-likeness (QED) is 0.814. The lowest BCUT2D eigenvalue weighted by molar-refractivity contribution is 0.184. The molecule has 3 rings (SSSR count). The Labute approximate surface area is 148 Å². The van der Waals surface area contributed by atoms with Crippen LogP contribution >= 0.6 is 0 Å². The largest absolute Gasteiger partial charge is 0.338 e. The van der Waals surface area contributed by atoms with E-state index in [1.165, 1.54) is 18.4 Å². The third kappa shape index (κ3) is 3.77. The molecule has 1 aliphatic carbocycles. The lowest BCUT2D eigenvalue weighted by atomic mass is 10.1. The zero-order valence-corrected chi connectivity index (χ0v) is 14.9. The maximum Gasteiger partial charge on any atom is 0.318 e. The van der Waals surface area contributed by atoms with Gasteiger partial charge in [0, 0.05) is 36.7 Å². The molecule has 1 saturated carbocycles. The number of hydrogen-bond donors (Lipinski definition) is 2. The van der Waals surface area contributed by atoms with Gasteiger partial charge in [-0.05, 0) is 56.5 Å². The van der Waals surface area contributed by atoms with Gasteiger partial charge in [0.1, 0.15) is 0 Å². The number of amides is 2. The van der Waals surface area contributed by atoms with E-state index in [0.717, 1.165) is 17.4 Å². The van der Waals surface area contributed by atoms with E-state index in [2.05, 4.69) is 27.5 Å². The lowest BCUT2D eigenvalue weighted by Gasteiger charge is -2.24. The molecule has 1 aliphatic rings. The van der Waals surface area contributed by atoms with Gasteiger partial charge in [-0.25, -0.2) is 4.79 Å². The first kappa shape index (κ1) is 17.3. The zero-order chi connectivity index (χ0) is 17.8. The van der Waals surface area contributed by atoms with Crippen molar-refractivity contribution in [1.29, 1.82) is 5.26 Å². The van der Waals surface area contributed by atoms with Gasteiger partial charge in [0.25, 0.3) is 0 Å². The van der Waals surface area contributed by atoms with Crippen LogP contribution in [-0.2, 0) is 6.67 Å². The van der Waals surface area contributed by atoms with Gasteiger partial charge in [-0.1, -0.05) is 0 Å². The summed E-state index contributed by atoms with van der Waals surface area (Å²) in [6.45, 7) is 4.41. The molecule has 6 nitrogen and oxygen atoms in total. The zero-order valence-electron chi connectivity index (χ0n) is 14.9. The molecular formula is C19H25N5O. The minimum atomic E-state index is -0.0544. The van der Waals surface area contributed by atoms with E-state index in [-0.39, 0.29) is 6.03 Å². The summed E-state index contributed by atoms with van der Waals surface area (Å²) in [5.41, 5.74) is 3.07. The van der Waals surface area contributed by atoms with Crippen LogP contribution in [0.2, 0.25) is 0 Å². The van der Waals surface area contributed by atoms with Crippen molar-refractivity contribution in [2.45, 2.75) is 32.4 Å². The maximum atomic E-state index is 12.4. The van der Waals surface area contributed by atoms with E-state index in [0.29, 0.717) is 31.2 Å². The van der Waals surface area contributed by atoms with Crippen LogP contribution in [0, 0.1) is 11.3 Å². The molecule has 1 aromatic carbocycles. The summed E-state index contributed by atoms with van der Waals surface area (Å²) in [5.74, 6) is 0.591. The number of fused-ring (bicyclic) bond motifs is 1. The number of benzene rings is 1. The van der Waals surface area contributed by atoms with Gasteiger partial charge in [-0.2, -0.15) is 5.26 Å². The highest BCUT2D eigenvalue weighted by molar-refractivity contribution is 5.86. The highest BCUT2D eigenvalue weighted by atomic mass is 16.2. The second-order valence-electron chi connectivity index (χ2n) is 6.52. The normalized spacial score (nSPS) is 13.6. The summed E-state index contributed by atoms with van der Waals surface area (Å²) in [5, 5.41) is 16.3. The number of nitrogens with one attached hydrogen (secondary N) is 2. The van der Waals surface area contributed by atoms with Gasteiger partial charge in [0.05, 0.1) is 18.3 Å². The second-order valence-corrected chi connectivity index (χ2v) is 6.52. The number of aromatic nitrogens is 1. The predicted octanol–water partition coefficient (Wildman–Crippen LogP) is 2.60. The molecule has 0 unspecified atom stereocenters. The van der Waals surface area contributed by atoms with Crippen LogP contribution < -0.4 is 10.6 Å². The van der Waals surface area contributed by atoms with Crippen LogP contribution in [0.15, 0.2) is 24.4 Å². The van der Waals surface area contributed by atoms with Gasteiger partial charge in [-0.3, -0.25) is 0 Å². The van der Waals surface area contributed by atoms with Crippen molar-refractivity contribution in [3.8, 4) is 6.07 Å². The molecule has 2 N–H and O–H groups in total. The molecule has 6 heteroatoms. The fourth-order valence-electron chi connectivity index (χ4n) is 3.16. The average Bonchev–Trinajstić information content (AvgIpc) is 3.41. The van der Waals surface area contributed by atoms with E-state index < -0.39 is 0 Å². The Morgan fingerprint density at radius 2 is 2.24 bits per heavy atom. The van der Waals surface area contributed by atoms with Crippen molar-refractivity contribution in [3.63, 3.8) is 0 Å². The molecule has 0 aliphatic heterocycles. The summed E-state index contributed by atoms with van der Waals surface area (Å²) in [4.78, 5) is 14.2. The van der Waals surface area contributed by atoms with Gasteiger partial charge >= 0.3 is 6.03 Å². The van der Waals surface area contributed by atoms with Crippen molar-refractivity contribution in [1.82, 2.24) is 20.1 Å². The summed E-state index contributed by atoms with van der Waals surface area (Å²) in [6.07, 6.45) is 4.57. The van der Waals surface area contributed by atoms with E-state index in [4.69, 9.17) is 0 Å². The van der Waals surface area contributed by atoms with E-state index in [1.54, 1.807) is 0 Å². The Bertz CT molecular complexity index is 800. The first-order valence-electron chi connectivity index (χ1n) is 8.88. The number of nitrogens with zero attached hydrogens (tertiary/aromatic N) is 3. The number of rotatable bonds is 7. The number of urea groups is 1. The number of likely N-dealkylation sites (N-methyl/N-ethyl adjacent to an activating group) is 1. The smallest absolute Gasteiger partial charge is 0.318 e. The van der Waals surface area contributed by atoms with Crippen molar-refractivity contribution in [2.24, 2.45) is 0 Å². The molecule has 2 aromatic rings. The molecule has 2 amide bonds. The highest BCUT2D eigenvalue weighted by Crippen LogP contribution is 2.44. The van der Waals surface area contributed by atoms with Crippen LogP contribution in [-0.4, -0.2) is 42.2 Å². The van der Waals surface area contributed by atoms with Crippen LogP contribution in [0.5, 0.6) is 0 Å². The van der Waals surface area contributed by atoms with Gasteiger partial charge in [0.15, 0.2) is 0 Å². The fraction of sp³-hybridized carbons (Fsp3) is 0.474. The molecular weight excluding hydrogens is 314 g/mol. The Morgan fingerprint density at radius 1 is 1.44 bits per heavy atom. The average molecular weight is 339 g/mol. The summed E-state index contributed by atoms with van der Waals surface area (Å²) in [7, 11) is 1.88. The third-order valence-corrected chi connectivity index (χ3v) is 4.63. The molecule has 1 heterocycles. The van der Waals surface area contributed by atoms with Crippen molar-refractivity contribution in [2.75, 3.05) is 26.7 Å². The monoisotopic (exact) mass is 339 g/mol. The molecule has 1 fully saturated rings. The van der Waals surface area contributed by atoms with Crippen molar-refractivity contribution < 1.29 is 4.79 Å². The van der Waals surface area contributed by atoms with E-state index >= 15 is 0 Å². The number of carbonyl (C=O) groups is 1. The number of hydrogen-bond acceptors (Lipinski definition) is 3. The Hall–Kier alpha value is -2.52. The third-order valence-electron chi connectivity index (χ3n) is 4.63. The summed E-state index contributed by atoms with van der Waals surface area (Å²) < 4.78 is 2.13. The first-order valence-corrected chi connectivity index (χ1v) is 8.88. The molecule has 0 radical (unpaired) electrons. The minimum Gasteiger partial charge on any atom is -0.338 e. The van der Waals surface area contributed by atoms with Gasteiger partial charge in [0.2, 0.25) is 0 Å². The predicted molar refractivity (Wildman–Crippen MR) is 98.3 cm³/mol. The van der Waals surface area contributed by atoms with Crippen LogP contribution in [0.25, 0.3) is 10.9 Å². The van der Waals surface area contributed by atoms with Gasteiger partial charge < -0.3 is 20.1 Å². The first-order chi connectivity index (χ1) is 12.2. The van der Waals surface area contributed by atoms with Crippen molar-refractivity contribution >= 4 is 16.9 Å². The van der Waals surface area contributed by atoms with Crippen molar-refractivity contribution in [3.05, 3.63) is 35.5 Å².